The minimum atomic E-state index is 0. The number of hydrogen-bond acceptors (Lipinski definition) is 3. The van der Waals surface area contributed by atoms with Crippen molar-refractivity contribution in [1.29, 1.82) is 0 Å². The van der Waals surface area contributed by atoms with Crippen LogP contribution >= 0.6 is 35.3 Å². The molecule has 6 heteroatoms. The van der Waals surface area contributed by atoms with Gasteiger partial charge in [0.25, 0.3) is 0 Å². The first-order chi connectivity index (χ1) is 10.7. The lowest BCUT2D eigenvalue weighted by Gasteiger charge is -2.22. The predicted molar refractivity (Wildman–Crippen MR) is 111 cm³/mol. The van der Waals surface area contributed by atoms with Gasteiger partial charge in [-0.05, 0) is 26.2 Å². The molecule has 1 saturated carbocycles. The molecule has 2 rings (SSSR count). The number of hydrogen-bond donors (Lipinski definition) is 2. The second-order valence-corrected chi connectivity index (χ2v) is 7.51. The molecule has 1 aliphatic rings. The van der Waals surface area contributed by atoms with Crippen LogP contribution in [0.15, 0.2) is 4.99 Å². The van der Waals surface area contributed by atoms with E-state index in [0.717, 1.165) is 37.1 Å². The number of aryl methyl sites for hydroxylation is 2. The summed E-state index contributed by atoms with van der Waals surface area (Å²) < 4.78 is 0. The smallest absolute Gasteiger partial charge is 0.190 e. The molecule has 0 bridgehead atoms. The van der Waals surface area contributed by atoms with Crippen LogP contribution in [0.3, 0.4) is 0 Å². The Morgan fingerprint density at radius 3 is 2.48 bits per heavy atom. The summed E-state index contributed by atoms with van der Waals surface area (Å²) in [4.78, 5) is 10.2. The molecule has 2 N–H and O–H groups in total. The number of guanidine groups is 1. The Hall–Kier alpha value is -0.370. The average Bonchev–Trinajstić information content (AvgIpc) is 2.85. The number of rotatable bonds is 6. The molecule has 23 heavy (non-hydrogen) atoms. The van der Waals surface area contributed by atoms with Crippen LogP contribution in [0.2, 0.25) is 0 Å². The lowest BCUT2D eigenvalue weighted by atomic mass is 9.87. The van der Waals surface area contributed by atoms with E-state index in [-0.39, 0.29) is 24.0 Å². The maximum absolute atomic E-state index is 4.57. The molecule has 0 aliphatic heterocycles. The van der Waals surface area contributed by atoms with Crippen molar-refractivity contribution in [2.45, 2.75) is 58.8 Å². The van der Waals surface area contributed by atoms with Gasteiger partial charge in [0.05, 0.1) is 10.7 Å². The summed E-state index contributed by atoms with van der Waals surface area (Å²) in [6, 6.07) is 0. The topological polar surface area (TPSA) is 49.3 Å². The third-order valence-corrected chi connectivity index (χ3v) is 5.63. The van der Waals surface area contributed by atoms with E-state index in [1.54, 1.807) is 11.3 Å². The largest absolute Gasteiger partial charge is 0.356 e. The van der Waals surface area contributed by atoms with E-state index in [1.807, 2.05) is 7.05 Å². The lowest BCUT2D eigenvalue weighted by molar-refractivity contribution is 0.339. The Balaban J connectivity index is 0.00000264. The molecule has 1 heterocycles. The van der Waals surface area contributed by atoms with Crippen molar-refractivity contribution in [1.82, 2.24) is 15.6 Å². The summed E-state index contributed by atoms with van der Waals surface area (Å²) in [6.07, 6.45) is 9.33. The second kappa shape index (κ2) is 11.2. The van der Waals surface area contributed by atoms with Crippen molar-refractivity contribution in [3.8, 4) is 0 Å². The van der Waals surface area contributed by atoms with Crippen molar-refractivity contribution >= 4 is 41.3 Å². The van der Waals surface area contributed by atoms with Crippen molar-refractivity contribution in [3.63, 3.8) is 0 Å². The highest BCUT2D eigenvalue weighted by Crippen LogP contribution is 2.25. The first-order valence-corrected chi connectivity index (χ1v) is 9.38. The zero-order valence-corrected chi connectivity index (χ0v) is 17.8. The molecule has 0 aromatic carbocycles. The third-order valence-electron chi connectivity index (χ3n) is 4.50. The Kier molecular flexibility index (Phi) is 10.1. The predicted octanol–water partition coefficient (Wildman–Crippen LogP) is 4.06. The van der Waals surface area contributed by atoms with Crippen molar-refractivity contribution in [2.24, 2.45) is 10.9 Å². The molecule has 0 amide bonds. The molecule has 132 valence electrons. The zero-order valence-electron chi connectivity index (χ0n) is 14.7. The minimum Gasteiger partial charge on any atom is -0.356 e. The highest BCUT2D eigenvalue weighted by Gasteiger charge is 2.12. The molecule has 0 unspecified atom stereocenters. The highest BCUT2D eigenvalue weighted by atomic mass is 127. The second-order valence-electron chi connectivity index (χ2n) is 6.22. The fourth-order valence-electron chi connectivity index (χ4n) is 3.03. The van der Waals surface area contributed by atoms with Gasteiger partial charge in [0, 0.05) is 31.4 Å². The molecule has 1 aromatic heterocycles. The van der Waals surface area contributed by atoms with Gasteiger partial charge in [-0.2, -0.15) is 0 Å². The van der Waals surface area contributed by atoms with Gasteiger partial charge < -0.3 is 10.6 Å². The van der Waals surface area contributed by atoms with Crippen LogP contribution in [-0.4, -0.2) is 31.1 Å². The molecule has 1 fully saturated rings. The van der Waals surface area contributed by atoms with Crippen LogP contribution in [0.25, 0.3) is 0 Å². The molecule has 0 saturated heterocycles. The maximum Gasteiger partial charge on any atom is 0.190 e. The fraction of sp³-hybridized carbons (Fsp3) is 0.765. The van der Waals surface area contributed by atoms with Crippen LogP contribution in [-0.2, 0) is 6.42 Å². The number of nitrogens with zero attached hydrogens (tertiary/aromatic N) is 2. The van der Waals surface area contributed by atoms with Crippen LogP contribution in [0, 0.1) is 19.8 Å². The van der Waals surface area contributed by atoms with E-state index in [1.165, 1.54) is 48.4 Å². The first-order valence-electron chi connectivity index (χ1n) is 8.56. The van der Waals surface area contributed by atoms with Gasteiger partial charge in [0.15, 0.2) is 5.96 Å². The van der Waals surface area contributed by atoms with Gasteiger partial charge in [-0.1, -0.05) is 32.1 Å². The van der Waals surface area contributed by atoms with Crippen molar-refractivity contribution in [2.75, 3.05) is 20.1 Å². The van der Waals surface area contributed by atoms with Gasteiger partial charge in [-0.25, -0.2) is 4.98 Å². The van der Waals surface area contributed by atoms with E-state index >= 15 is 0 Å². The molecule has 0 atom stereocenters. The molecular weight excluding hydrogens is 419 g/mol. The molecule has 1 aliphatic carbocycles. The van der Waals surface area contributed by atoms with Gasteiger partial charge in [-0.15, -0.1) is 35.3 Å². The van der Waals surface area contributed by atoms with Crippen LogP contribution < -0.4 is 10.6 Å². The SMILES string of the molecule is CN=C(NCCc1nc(C)c(C)s1)NCCC1CCCCC1.I. The van der Waals surface area contributed by atoms with Crippen LogP contribution in [0.1, 0.15) is 54.1 Å². The van der Waals surface area contributed by atoms with E-state index in [4.69, 9.17) is 0 Å². The van der Waals surface area contributed by atoms with Crippen LogP contribution in [0.5, 0.6) is 0 Å². The molecule has 4 nitrogen and oxygen atoms in total. The third kappa shape index (κ3) is 7.37. The summed E-state index contributed by atoms with van der Waals surface area (Å²) in [5.74, 6) is 1.83. The molecule has 1 aromatic rings. The Bertz CT molecular complexity index is 461. The van der Waals surface area contributed by atoms with E-state index in [0.29, 0.717) is 0 Å². The Morgan fingerprint density at radius 2 is 1.87 bits per heavy atom. The van der Waals surface area contributed by atoms with Gasteiger partial charge >= 0.3 is 0 Å². The average molecular weight is 450 g/mol. The van der Waals surface area contributed by atoms with E-state index in [9.17, 15) is 0 Å². The Morgan fingerprint density at radius 1 is 1.17 bits per heavy atom. The first kappa shape index (κ1) is 20.7. The van der Waals surface area contributed by atoms with Crippen molar-refractivity contribution in [3.05, 3.63) is 15.6 Å². The molecule has 0 radical (unpaired) electrons. The Labute approximate surface area is 162 Å². The summed E-state index contributed by atoms with van der Waals surface area (Å²) in [5, 5.41) is 8.04. The standard InChI is InChI=1S/C17H30N4S.HI/c1-13-14(2)22-16(21-13)10-12-20-17(18-3)19-11-9-15-7-5-4-6-8-15;/h15H,4-12H2,1-3H3,(H2,18,19,20);1H. The minimum absolute atomic E-state index is 0. The zero-order chi connectivity index (χ0) is 15.8. The van der Waals surface area contributed by atoms with E-state index < -0.39 is 0 Å². The molecular formula is C17H31IN4S. The highest BCUT2D eigenvalue weighted by molar-refractivity contribution is 14.0. The number of nitrogens with one attached hydrogen (secondary N) is 2. The maximum atomic E-state index is 4.57. The summed E-state index contributed by atoms with van der Waals surface area (Å²) >= 11 is 1.80. The summed E-state index contributed by atoms with van der Waals surface area (Å²) in [7, 11) is 1.84. The molecule has 0 spiro atoms. The lowest BCUT2D eigenvalue weighted by Crippen LogP contribution is -2.39. The van der Waals surface area contributed by atoms with Crippen molar-refractivity contribution < 1.29 is 0 Å². The summed E-state index contributed by atoms with van der Waals surface area (Å²) in [5.41, 5.74) is 1.16. The fourth-order valence-corrected chi connectivity index (χ4v) is 3.96. The van der Waals surface area contributed by atoms with Gasteiger partial charge in [0.2, 0.25) is 0 Å². The number of thiazole rings is 1. The van der Waals surface area contributed by atoms with E-state index in [2.05, 4.69) is 34.5 Å². The quantitative estimate of drug-likeness (QED) is 0.391. The number of halogens is 1. The van der Waals surface area contributed by atoms with Crippen LogP contribution in [0.4, 0.5) is 0 Å². The normalized spacial score (nSPS) is 16.0. The number of aliphatic imine (C=N–C) groups is 1. The monoisotopic (exact) mass is 450 g/mol. The van der Waals surface area contributed by atoms with Gasteiger partial charge in [-0.3, -0.25) is 4.99 Å². The van der Waals surface area contributed by atoms with Gasteiger partial charge in [0.1, 0.15) is 0 Å². The summed E-state index contributed by atoms with van der Waals surface area (Å²) in [6.45, 7) is 6.12. The number of aromatic nitrogens is 1.